The minimum absolute atomic E-state index is 0.184. The van der Waals surface area contributed by atoms with E-state index in [1.807, 2.05) is 0 Å². The van der Waals surface area contributed by atoms with E-state index in [1.165, 1.54) is 36.4 Å². The summed E-state index contributed by atoms with van der Waals surface area (Å²) in [5.74, 6) is -0.266. The van der Waals surface area contributed by atoms with Crippen LogP contribution in [0, 0.1) is 5.82 Å². The van der Waals surface area contributed by atoms with Crippen molar-refractivity contribution in [3.63, 3.8) is 0 Å². The fraction of sp³-hybridized carbons (Fsp3) is 0.235. The summed E-state index contributed by atoms with van der Waals surface area (Å²) in [6.45, 7) is 1.85. The van der Waals surface area contributed by atoms with E-state index in [-0.39, 0.29) is 23.2 Å². The second kappa shape index (κ2) is 7.44. The van der Waals surface area contributed by atoms with Crippen molar-refractivity contribution in [3.05, 3.63) is 59.9 Å². The fourth-order valence-electron chi connectivity index (χ4n) is 1.96. The molecule has 0 fully saturated rings. The lowest BCUT2D eigenvalue weighted by Crippen LogP contribution is -2.35. The lowest BCUT2D eigenvalue weighted by Gasteiger charge is -2.15. The summed E-state index contributed by atoms with van der Waals surface area (Å²) < 4.78 is 41.1. The van der Waals surface area contributed by atoms with Gasteiger partial charge in [-0.25, -0.2) is 12.8 Å². The van der Waals surface area contributed by atoms with Crippen molar-refractivity contribution < 1.29 is 22.3 Å². The Hall–Kier alpha value is -2.41. The number of carbonyl (C=O) groups is 1. The highest BCUT2D eigenvalue weighted by Gasteiger charge is 2.15. The van der Waals surface area contributed by atoms with Gasteiger partial charge in [0.2, 0.25) is 0 Å². The Bertz CT molecular complexity index is 801. The molecule has 128 valence electrons. The molecule has 0 heterocycles. The molecule has 1 atom stereocenters. The van der Waals surface area contributed by atoms with Crippen molar-refractivity contribution >= 4 is 15.7 Å². The molecule has 0 aliphatic carbocycles. The standard InChI is InChI=1S/C17H18FNO4S/c1-12(17(20)19-11-13-3-5-14(18)6-4-13)23-15-7-9-16(10-8-15)24(2,21)22/h3-10,12H,11H2,1-2H3,(H,19,20). The van der Waals surface area contributed by atoms with Gasteiger partial charge in [0.15, 0.2) is 15.9 Å². The predicted molar refractivity (Wildman–Crippen MR) is 87.9 cm³/mol. The summed E-state index contributed by atoms with van der Waals surface area (Å²) in [6.07, 6.45) is 0.364. The molecule has 0 aliphatic heterocycles. The van der Waals surface area contributed by atoms with Crippen LogP contribution in [0.2, 0.25) is 0 Å². The molecular formula is C17H18FNO4S. The second-order valence-corrected chi connectivity index (χ2v) is 7.36. The van der Waals surface area contributed by atoms with Crippen LogP contribution < -0.4 is 10.1 Å². The van der Waals surface area contributed by atoms with Crippen molar-refractivity contribution in [3.8, 4) is 5.75 Å². The Morgan fingerprint density at radius 2 is 1.71 bits per heavy atom. The number of rotatable bonds is 6. The van der Waals surface area contributed by atoms with Crippen molar-refractivity contribution in [2.24, 2.45) is 0 Å². The zero-order valence-corrected chi connectivity index (χ0v) is 14.1. The Balaban J connectivity index is 1.90. The number of ether oxygens (including phenoxy) is 1. The first-order valence-electron chi connectivity index (χ1n) is 7.24. The van der Waals surface area contributed by atoms with Gasteiger partial charge in [-0.3, -0.25) is 4.79 Å². The third kappa shape index (κ3) is 5.06. The third-order valence-electron chi connectivity index (χ3n) is 3.31. The number of carbonyl (C=O) groups excluding carboxylic acids is 1. The Kier molecular flexibility index (Phi) is 5.56. The quantitative estimate of drug-likeness (QED) is 0.867. The maximum absolute atomic E-state index is 12.8. The van der Waals surface area contributed by atoms with Crippen LogP contribution in [0.4, 0.5) is 4.39 Å². The Labute approximate surface area is 140 Å². The van der Waals surface area contributed by atoms with Gasteiger partial charge in [-0.2, -0.15) is 0 Å². The van der Waals surface area contributed by atoms with E-state index < -0.39 is 15.9 Å². The summed E-state index contributed by atoms with van der Waals surface area (Å²) in [6, 6.07) is 11.7. The lowest BCUT2D eigenvalue weighted by atomic mass is 10.2. The summed E-state index contributed by atoms with van der Waals surface area (Å²) in [5.41, 5.74) is 0.773. The van der Waals surface area contributed by atoms with Gasteiger partial charge in [-0.05, 0) is 48.9 Å². The lowest BCUT2D eigenvalue weighted by molar-refractivity contribution is -0.127. The largest absolute Gasteiger partial charge is 0.481 e. The van der Waals surface area contributed by atoms with Crippen LogP contribution in [0.3, 0.4) is 0 Å². The van der Waals surface area contributed by atoms with E-state index in [9.17, 15) is 17.6 Å². The van der Waals surface area contributed by atoms with Crippen molar-refractivity contribution in [1.29, 1.82) is 0 Å². The first kappa shape index (κ1) is 17.9. The summed E-state index contributed by atoms with van der Waals surface area (Å²) in [4.78, 5) is 12.2. The van der Waals surface area contributed by atoms with E-state index in [2.05, 4.69) is 5.32 Å². The molecular weight excluding hydrogens is 333 g/mol. The smallest absolute Gasteiger partial charge is 0.261 e. The average molecular weight is 351 g/mol. The van der Waals surface area contributed by atoms with Crippen LogP contribution in [0.25, 0.3) is 0 Å². The van der Waals surface area contributed by atoms with Gasteiger partial charge in [0.05, 0.1) is 4.90 Å². The van der Waals surface area contributed by atoms with Crippen LogP contribution in [0.15, 0.2) is 53.4 Å². The highest BCUT2D eigenvalue weighted by atomic mass is 32.2. The maximum Gasteiger partial charge on any atom is 0.261 e. The third-order valence-corrected chi connectivity index (χ3v) is 4.44. The minimum Gasteiger partial charge on any atom is -0.481 e. The van der Waals surface area contributed by atoms with Gasteiger partial charge in [-0.1, -0.05) is 12.1 Å². The van der Waals surface area contributed by atoms with Crippen LogP contribution in [0.1, 0.15) is 12.5 Å². The van der Waals surface area contributed by atoms with E-state index in [1.54, 1.807) is 19.1 Å². The number of benzene rings is 2. The molecule has 5 nitrogen and oxygen atoms in total. The molecule has 0 aromatic heterocycles. The van der Waals surface area contributed by atoms with Gasteiger partial charge < -0.3 is 10.1 Å². The normalized spacial score (nSPS) is 12.5. The first-order chi connectivity index (χ1) is 11.3. The molecule has 1 unspecified atom stereocenters. The zero-order chi connectivity index (χ0) is 17.7. The molecule has 2 aromatic carbocycles. The molecule has 1 amide bonds. The highest BCUT2D eigenvalue weighted by molar-refractivity contribution is 7.90. The van der Waals surface area contributed by atoms with Gasteiger partial charge in [0.25, 0.3) is 5.91 Å². The number of nitrogens with one attached hydrogen (secondary N) is 1. The van der Waals surface area contributed by atoms with E-state index in [4.69, 9.17) is 4.74 Å². The van der Waals surface area contributed by atoms with Crippen LogP contribution in [0.5, 0.6) is 5.75 Å². The molecule has 2 aromatic rings. The van der Waals surface area contributed by atoms with E-state index >= 15 is 0 Å². The summed E-state index contributed by atoms with van der Waals surface area (Å²) in [5, 5.41) is 2.69. The molecule has 2 rings (SSSR count). The maximum atomic E-state index is 12.8. The molecule has 0 saturated carbocycles. The molecule has 0 saturated heterocycles. The van der Waals surface area contributed by atoms with Gasteiger partial charge >= 0.3 is 0 Å². The van der Waals surface area contributed by atoms with Gasteiger partial charge in [-0.15, -0.1) is 0 Å². The second-order valence-electron chi connectivity index (χ2n) is 5.35. The number of amides is 1. The molecule has 7 heteroatoms. The number of hydrogen-bond acceptors (Lipinski definition) is 4. The number of hydrogen-bond donors (Lipinski definition) is 1. The van der Waals surface area contributed by atoms with Crippen LogP contribution >= 0.6 is 0 Å². The van der Waals surface area contributed by atoms with Crippen LogP contribution in [-0.4, -0.2) is 26.7 Å². The zero-order valence-electron chi connectivity index (χ0n) is 13.3. The number of halogens is 1. The Morgan fingerprint density at radius 3 is 2.25 bits per heavy atom. The SMILES string of the molecule is CC(Oc1ccc(S(C)(=O)=O)cc1)C(=O)NCc1ccc(F)cc1. The first-order valence-corrected chi connectivity index (χ1v) is 9.14. The van der Waals surface area contributed by atoms with Crippen LogP contribution in [-0.2, 0) is 21.2 Å². The van der Waals surface area contributed by atoms with E-state index in [0.717, 1.165) is 11.8 Å². The van der Waals surface area contributed by atoms with E-state index in [0.29, 0.717) is 5.75 Å². The Morgan fingerprint density at radius 1 is 1.12 bits per heavy atom. The molecule has 24 heavy (non-hydrogen) atoms. The topological polar surface area (TPSA) is 72.5 Å². The fourth-order valence-corrected chi connectivity index (χ4v) is 2.59. The molecule has 1 N–H and O–H groups in total. The van der Waals surface area contributed by atoms with Gasteiger partial charge in [0.1, 0.15) is 11.6 Å². The van der Waals surface area contributed by atoms with Crippen molar-refractivity contribution in [1.82, 2.24) is 5.32 Å². The summed E-state index contributed by atoms with van der Waals surface area (Å²) in [7, 11) is -3.27. The number of sulfone groups is 1. The minimum atomic E-state index is -3.27. The summed E-state index contributed by atoms with van der Waals surface area (Å²) >= 11 is 0. The predicted octanol–water partition coefficient (Wildman–Crippen LogP) is 2.31. The monoisotopic (exact) mass is 351 g/mol. The van der Waals surface area contributed by atoms with Crippen molar-refractivity contribution in [2.75, 3.05) is 6.26 Å². The van der Waals surface area contributed by atoms with Crippen molar-refractivity contribution in [2.45, 2.75) is 24.5 Å². The molecule has 0 radical (unpaired) electrons. The highest BCUT2D eigenvalue weighted by Crippen LogP contribution is 2.17. The molecule has 0 bridgehead atoms. The molecule has 0 spiro atoms. The van der Waals surface area contributed by atoms with Gasteiger partial charge in [0, 0.05) is 12.8 Å². The molecule has 0 aliphatic rings. The average Bonchev–Trinajstić information content (AvgIpc) is 2.53.